The Kier molecular flexibility index (Phi) is 5.40. The van der Waals surface area contributed by atoms with Crippen LogP contribution in [0.5, 0.6) is 0 Å². The third kappa shape index (κ3) is 4.98. The molecule has 5 nitrogen and oxygen atoms in total. The SMILES string of the molecule is C[C@@H](CN1CCN(C(=O)OC(C)(C)C)CC1)c1cccnc1. The standard InChI is InChI=1S/C17H27N3O2/c1-14(15-6-5-7-18-12-15)13-19-8-10-20(11-9-19)16(21)22-17(2,3)4/h5-7,12,14H,8-11,13H2,1-4H3/t14-/m0/s1. The maximum Gasteiger partial charge on any atom is 0.410 e. The van der Waals surface area contributed by atoms with Crippen molar-refractivity contribution in [1.29, 1.82) is 0 Å². The van der Waals surface area contributed by atoms with Crippen molar-refractivity contribution in [3.63, 3.8) is 0 Å². The van der Waals surface area contributed by atoms with Gasteiger partial charge < -0.3 is 9.64 Å². The number of hydrogen-bond donors (Lipinski definition) is 0. The van der Waals surface area contributed by atoms with E-state index in [2.05, 4.69) is 22.9 Å². The molecule has 2 rings (SSSR count). The molecular weight excluding hydrogens is 278 g/mol. The van der Waals surface area contributed by atoms with Gasteiger partial charge in [0.25, 0.3) is 0 Å². The fraction of sp³-hybridized carbons (Fsp3) is 0.647. The summed E-state index contributed by atoms with van der Waals surface area (Å²) in [6.45, 7) is 12.2. The van der Waals surface area contributed by atoms with Crippen molar-refractivity contribution in [2.75, 3.05) is 32.7 Å². The normalized spacial score (nSPS) is 18.1. The lowest BCUT2D eigenvalue weighted by Gasteiger charge is -2.36. The van der Waals surface area contributed by atoms with Crippen LogP contribution in [0.2, 0.25) is 0 Å². The minimum Gasteiger partial charge on any atom is -0.444 e. The van der Waals surface area contributed by atoms with E-state index in [1.165, 1.54) is 5.56 Å². The summed E-state index contributed by atoms with van der Waals surface area (Å²) < 4.78 is 5.42. The van der Waals surface area contributed by atoms with E-state index in [0.717, 1.165) is 32.7 Å². The summed E-state index contributed by atoms with van der Waals surface area (Å²) in [4.78, 5) is 20.4. The lowest BCUT2D eigenvalue weighted by Crippen LogP contribution is -2.50. The lowest BCUT2D eigenvalue weighted by molar-refractivity contribution is 0.0142. The van der Waals surface area contributed by atoms with Gasteiger partial charge >= 0.3 is 6.09 Å². The van der Waals surface area contributed by atoms with Crippen LogP contribution >= 0.6 is 0 Å². The van der Waals surface area contributed by atoms with Crippen molar-refractivity contribution >= 4 is 6.09 Å². The largest absolute Gasteiger partial charge is 0.444 e. The molecule has 0 unspecified atom stereocenters. The third-order valence-corrected chi connectivity index (χ3v) is 3.81. The molecule has 0 bridgehead atoms. The van der Waals surface area contributed by atoms with E-state index in [4.69, 9.17) is 4.74 Å². The molecule has 0 saturated carbocycles. The average Bonchev–Trinajstić information content (AvgIpc) is 2.47. The lowest BCUT2D eigenvalue weighted by atomic mass is 10.0. The van der Waals surface area contributed by atoms with Gasteiger partial charge in [0.15, 0.2) is 0 Å². The Balaban J connectivity index is 1.79. The maximum absolute atomic E-state index is 12.0. The first-order chi connectivity index (χ1) is 10.3. The number of piperazine rings is 1. The second-order valence-electron chi connectivity index (χ2n) is 6.96. The smallest absolute Gasteiger partial charge is 0.410 e. The second kappa shape index (κ2) is 7.09. The Morgan fingerprint density at radius 1 is 1.32 bits per heavy atom. The Labute approximate surface area is 133 Å². The van der Waals surface area contributed by atoms with Crippen LogP contribution in [0, 0.1) is 0 Å². The molecule has 1 aromatic heterocycles. The molecule has 0 N–H and O–H groups in total. The zero-order chi connectivity index (χ0) is 16.2. The number of hydrogen-bond acceptors (Lipinski definition) is 4. The summed E-state index contributed by atoms with van der Waals surface area (Å²) in [7, 11) is 0. The molecular formula is C17H27N3O2. The Bertz CT molecular complexity index is 476. The molecule has 1 aliphatic rings. The Morgan fingerprint density at radius 3 is 2.55 bits per heavy atom. The van der Waals surface area contributed by atoms with Crippen molar-refractivity contribution in [2.24, 2.45) is 0 Å². The summed E-state index contributed by atoms with van der Waals surface area (Å²) in [5.41, 5.74) is 0.834. The molecule has 1 fully saturated rings. The molecule has 22 heavy (non-hydrogen) atoms. The van der Waals surface area contributed by atoms with Crippen molar-refractivity contribution in [3.05, 3.63) is 30.1 Å². The predicted octanol–water partition coefficient (Wildman–Crippen LogP) is 2.74. The highest BCUT2D eigenvalue weighted by molar-refractivity contribution is 5.68. The van der Waals surface area contributed by atoms with Crippen molar-refractivity contribution in [3.8, 4) is 0 Å². The van der Waals surface area contributed by atoms with E-state index in [1.807, 2.05) is 33.0 Å². The summed E-state index contributed by atoms with van der Waals surface area (Å²) in [5, 5.41) is 0. The number of carbonyl (C=O) groups is 1. The van der Waals surface area contributed by atoms with Crippen LogP contribution in [0.4, 0.5) is 4.79 Å². The first-order valence-electron chi connectivity index (χ1n) is 7.95. The average molecular weight is 305 g/mol. The molecule has 1 aliphatic heterocycles. The molecule has 0 spiro atoms. The van der Waals surface area contributed by atoms with Gasteiger partial charge in [0.1, 0.15) is 5.60 Å². The summed E-state index contributed by atoms with van der Waals surface area (Å²) in [6, 6.07) is 4.10. The Morgan fingerprint density at radius 2 is 2.00 bits per heavy atom. The summed E-state index contributed by atoms with van der Waals surface area (Å²) >= 11 is 0. The zero-order valence-corrected chi connectivity index (χ0v) is 14.1. The summed E-state index contributed by atoms with van der Waals surface area (Å²) in [5.74, 6) is 0.446. The highest BCUT2D eigenvalue weighted by atomic mass is 16.6. The van der Waals surface area contributed by atoms with E-state index in [1.54, 1.807) is 11.1 Å². The molecule has 1 atom stereocenters. The van der Waals surface area contributed by atoms with Gasteiger partial charge in [0.2, 0.25) is 0 Å². The molecule has 0 aromatic carbocycles. The van der Waals surface area contributed by atoms with Crippen LogP contribution in [0.3, 0.4) is 0 Å². The molecule has 2 heterocycles. The maximum atomic E-state index is 12.0. The summed E-state index contributed by atoms with van der Waals surface area (Å²) in [6.07, 6.45) is 3.53. The van der Waals surface area contributed by atoms with Gasteiger partial charge in [-0.25, -0.2) is 4.79 Å². The van der Waals surface area contributed by atoms with Crippen molar-refractivity contribution < 1.29 is 9.53 Å². The fourth-order valence-electron chi connectivity index (χ4n) is 2.60. The minimum atomic E-state index is -0.428. The van der Waals surface area contributed by atoms with Gasteiger partial charge in [0, 0.05) is 45.1 Å². The first-order valence-corrected chi connectivity index (χ1v) is 7.95. The number of rotatable bonds is 3. The van der Waals surface area contributed by atoms with Crippen LogP contribution in [0.1, 0.15) is 39.2 Å². The Hall–Kier alpha value is -1.62. The fourth-order valence-corrected chi connectivity index (χ4v) is 2.60. The quantitative estimate of drug-likeness (QED) is 0.861. The van der Waals surface area contributed by atoms with Gasteiger partial charge in [0.05, 0.1) is 0 Å². The van der Waals surface area contributed by atoms with E-state index in [9.17, 15) is 4.79 Å². The highest BCUT2D eigenvalue weighted by Gasteiger charge is 2.26. The number of carbonyl (C=O) groups excluding carboxylic acids is 1. The zero-order valence-electron chi connectivity index (χ0n) is 14.1. The number of amides is 1. The molecule has 1 aromatic rings. The number of ether oxygens (including phenoxy) is 1. The van der Waals surface area contributed by atoms with E-state index < -0.39 is 5.60 Å². The molecule has 0 aliphatic carbocycles. The molecule has 0 radical (unpaired) electrons. The predicted molar refractivity (Wildman–Crippen MR) is 86.9 cm³/mol. The van der Waals surface area contributed by atoms with Gasteiger partial charge in [-0.05, 0) is 38.3 Å². The number of nitrogens with zero attached hydrogens (tertiary/aromatic N) is 3. The monoisotopic (exact) mass is 305 g/mol. The first kappa shape index (κ1) is 16.7. The third-order valence-electron chi connectivity index (χ3n) is 3.81. The van der Waals surface area contributed by atoms with Crippen molar-refractivity contribution in [2.45, 2.75) is 39.2 Å². The minimum absolute atomic E-state index is 0.201. The van der Waals surface area contributed by atoms with Gasteiger partial charge in [-0.3, -0.25) is 9.88 Å². The second-order valence-corrected chi connectivity index (χ2v) is 6.96. The van der Waals surface area contributed by atoms with Crippen LogP contribution < -0.4 is 0 Å². The van der Waals surface area contributed by atoms with Gasteiger partial charge in [-0.2, -0.15) is 0 Å². The number of aromatic nitrogens is 1. The van der Waals surface area contributed by atoms with E-state index >= 15 is 0 Å². The van der Waals surface area contributed by atoms with Crippen molar-refractivity contribution in [1.82, 2.24) is 14.8 Å². The highest BCUT2D eigenvalue weighted by Crippen LogP contribution is 2.17. The molecule has 122 valence electrons. The molecule has 1 amide bonds. The van der Waals surface area contributed by atoms with E-state index in [-0.39, 0.29) is 6.09 Å². The van der Waals surface area contributed by atoms with Crippen LogP contribution in [0.25, 0.3) is 0 Å². The number of pyridine rings is 1. The molecule has 1 saturated heterocycles. The topological polar surface area (TPSA) is 45.7 Å². The van der Waals surface area contributed by atoms with E-state index in [0.29, 0.717) is 5.92 Å². The molecule has 5 heteroatoms. The van der Waals surface area contributed by atoms with Gasteiger partial charge in [-0.1, -0.05) is 13.0 Å². The van der Waals surface area contributed by atoms with Gasteiger partial charge in [-0.15, -0.1) is 0 Å². The van der Waals surface area contributed by atoms with Crippen LogP contribution in [0.15, 0.2) is 24.5 Å². The van der Waals surface area contributed by atoms with Crippen LogP contribution in [-0.4, -0.2) is 59.2 Å². The van der Waals surface area contributed by atoms with Crippen LogP contribution in [-0.2, 0) is 4.74 Å².